The lowest BCUT2D eigenvalue weighted by atomic mass is 10.0. The Morgan fingerprint density at radius 2 is 0.830 bits per heavy atom. The number of aromatic hydroxyl groups is 1. The van der Waals surface area contributed by atoms with Crippen molar-refractivity contribution in [1.29, 1.82) is 0 Å². The fraction of sp³-hybridized carbons (Fsp3) is 0.125. The van der Waals surface area contributed by atoms with Gasteiger partial charge in [0.15, 0.2) is 0 Å². The molecule has 0 atom stereocenters. The van der Waals surface area contributed by atoms with Crippen LogP contribution in [0.15, 0.2) is 162 Å². The molecule has 0 saturated carbocycles. The van der Waals surface area contributed by atoms with Crippen LogP contribution in [0, 0.1) is 20.8 Å². The number of nitrogen functional groups attached to an aromatic ring is 1. The number of pyridine rings is 1. The number of methoxy groups -OCH3 is 5. The van der Waals surface area contributed by atoms with E-state index in [1.54, 1.807) is 66.0 Å². The zero-order chi connectivity index (χ0) is 61.7. The summed E-state index contributed by atoms with van der Waals surface area (Å²) in [6, 6.07) is 46.4. The van der Waals surface area contributed by atoms with Crippen LogP contribution in [0.4, 0.5) is 29.2 Å². The molecule has 0 unspecified atom stereocenters. The predicted molar refractivity (Wildman–Crippen MR) is 355 cm³/mol. The number of phenolic OH excluding ortho intramolecular Hbond substituents is 1. The van der Waals surface area contributed by atoms with Crippen molar-refractivity contribution in [3.8, 4) is 68.0 Å². The minimum Gasteiger partial charge on any atom is -0.508 e. The highest BCUT2D eigenvalue weighted by Gasteiger charge is 2.15. The number of hydrogen-bond acceptors (Lipinski definition) is 19. The molecule has 0 fully saturated rings. The van der Waals surface area contributed by atoms with E-state index in [0.717, 1.165) is 105 Å². The molecule has 12 aromatic rings. The summed E-state index contributed by atoms with van der Waals surface area (Å²) in [5, 5.41) is 42.7. The highest BCUT2D eigenvalue weighted by molar-refractivity contribution is 9.10. The number of nitrogens with one attached hydrogen (secondary N) is 2. The van der Waals surface area contributed by atoms with Gasteiger partial charge in [-0.1, -0.05) is 50.7 Å². The molecule has 0 saturated heterocycles. The number of benzene rings is 8. The summed E-state index contributed by atoms with van der Waals surface area (Å²) in [5.41, 5.74) is 19.4. The van der Waals surface area contributed by atoms with Crippen molar-refractivity contribution >= 4 is 125 Å². The first-order valence-electron chi connectivity index (χ1n) is 26.4. The Morgan fingerprint density at radius 1 is 0.432 bits per heavy atom. The van der Waals surface area contributed by atoms with Gasteiger partial charge in [-0.2, -0.15) is 0 Å². The summed E-state index contributed by atoms with van der Waals surface area (Å²) in [6.45, 7) is 5.88. The number of rotatable bonds is 12. The van der Waals surface area contributed by atoms with Crippen molar-refractivity contribution < 1.29 is 28.8 Å². The molecule has 88 heavy (non-hydrogen) atoms. The third-order valence-corrected chi connectivity index (χ3v) is 14.6. The number of aryl methyl sites for hydroxylation is 3. The van der Waals surface area contributed by atoms with Crippen molar-refractivity contribution in [2.45, 2.75) is 20.8 Å². The van der Waals surface area contributed by atoms with Gasteiger partial charge < -0.3 is 45.2 Å². The Kier molecular flexibility index (Phi) is 21.8. The van der Waals surface area contributed by atoms with Crippen molar-refractivity contribution in [2.24, 2.45) is 0 Å². The van der Waals surface area contributed by atoms with Gasteiger partial charge in [-0.3, -0.25) is 0 Å². The van der Waals surface area contributed by atoms with Crippen LogP contribution in [-0.4, -0.2) is 91.2 Å². The number of aromatic nitrogens is 10. The molecular weight excluding hydrogens is 1270 g/mol. The van der Waals surface area contributed by atoms with E-state index in [1.807, 2.05) is 148 Å². The molecule has 5 N–H and O–H groups in total. The average Bonchev–Trinajstić information content (AvgIpc) is 1.82. The number of halogens is 5. The van der Waals surface area contributed by atoms with Crippen LogP contribution >= 0.6 is 63.1 Å². The molecule has 19 nitrogen and oxygen atoms in total. The van der Waals surface area contributed by atoms with Crippen molar-refractivity contribution in [1.82, 2.24) is 50.5 Å². The minimum absolute atomic E-state index is 0. The van der Waals surface area contributed by atoms with E-state index < -0.39 is 0 Å². The fourth-order valence-electron chi connectivity index (χ4n) is 8.74. The summed E-state index contributed by atoms with van der Waals surface area (Å²) < 4.78 is 26.8. The largest absolute Gasteiger partial charge is 0.508 e. The number of nitrogens with two attached hydrogens (primary N) is 1. The van der Waals surface area contributed by atoms with Gasteiger partial charge in [0.25, 0.3) is 0 Å². The van der Waals surface area contributed by atoms with Gasteiger partial charge in [0, 0.05) is 48.0 Å². The van der Waals surface area contributed by atoms with Gasteiger partial charge in [-0.05, 0) is 200 Å². The molecule has 0 aliphatic heterocycles. The van der Waals surface area contributed by atoms with Crippen LogP contribution in [0.1, 0.15) is 16.7 Å². The first-order valence-corrected chi connectivity index (χ1v) is 28.3. The topological polar surface area (TPSA) is 245 Å². The van der Waals surface area contributed by atoms with E-state index in [2.05, 4.69) is 77.1 Å². The summed E-state index contributed by atoms with van der Waals surface area (Å²) in [5.74, 6) is 4.79. The van der Waals surface area contributed by atoms with Crippen molar-refractivity contribution in [2.75, 3.05) is 51.9 Å². The maximum atomic E-state index is 9.77. The quantitative estimate of drug-likeness (QED) is 0.0888. The van der Waals surface area contributed by atoms with Crippen LogP contribution in [0.3, 0.4) is 0 Å². The predicted octanol–water partition coefficient (Wildman–Crippen LogP) is 16.0. The lowest BCUT2D eigenvalue weighted by Gasteiger charge is -2.11. The molecule has 4 aromatic heterocycles. The second-order valence-electron chi connectivity index (χ2n) is 19.0. The van der Waals surface area contributed by atoms with Crippen LogP contribution in [0.5, 0.6) is 34.6 Å². The van der Waals surface area contributed by atoms with Crippen LogP contribution in [0.25, 0.3) is 66.5 Å². The van der Waals surface area contributed by atoms with E-state index in [0.29, 0.717) is 49.4 Å². The highest BCUT2D eigenvalue weighted by atomic mass is 79.9. The molecule has 0 bridgehead atoms. The smallest absolute Gasteiger partial charge is 0.247 e. The zero-order valence-corrected chi connectivity index (χ0v) is 53.1. The maximum Gasteiger partial charge on any atom is 0.247 e. The van der Waals surface area contributed by atoms with Gasteiger partial charge in [-0.15, -0.1) is 43.0 Å². The number of ether oxygens (including phenoxy) is 5. The van der Waals surface area contributed by atoms with Crippen LogP contribution in [0.2, 0.25) is 15.1 Å². The van der Waals surface area contributed by atoms with E-state index in [4.69, 9.17) is 64.2 Å². The Morgan fingerprint density at radius 3 is 1.27 bits per heavy atom. The van der Waals surface area contributed by atoms with Gasteiger partial charge in [-0.25, -0.2) is 19.9 Å². The van der Waals surface area contributed by atoms with Crippen molar-refractivity contribution in [3.63, 3.8) is 0 Å². The van der Waals surface area contributed by atoms with Crippen LogP contribution in [-0.2, 0) is 0 Å². The second kappa shape index (κ2) is 29.8. The van der Waals surface area contributed by atoms with Crippen molar-refractivity contribution in [3.05, 3.63) is 194 Å². The van der Waals surface area contributed by atoms with E-state index in [-0.39, 0.29) is 24.1 Å². The fourth-order valence-corrected chi connectivity index (χ4v) is 9.68. The number of hydrogen-bond donors (Lipinski definition) is 4. The van der Waals surface area contributed by atoms with E-state index in [9.17, 15) is 5.11 Å². The number of fused-ring (bicyclic) bond motifs is 3. The molecule has 0 spiro atoms. The summed E-state index contributed by atoms with van der Waals surface area (Å²) in [6.07, 6.45) is 1.63. The molecule has 4 heterocycles. The molecule has 448 valence electrons. The molecule has 0 aliphatic carbocycles. The molecule has 0 radical (unpaired) electrons. The Hall–Kier alpha value is -9.44. The lowest BCUT2D eigenvalue weighted by Crippen LogP contribution is -2.01. The molecule has 0 amide bonds. The van der Waals surface area contributed by atoms with Gasteiger partial charge in [0.1, 0.15) is 45.3 Å². The molecular formula is C64H56BrCl4N13O6. The number of anilines is 5. The highest BCUT2D eigenvalue weighted by Crippen LogP contribution is 2.37. The van der Waals surface area contributed by atoms with Gasteiger partial charge in [0.2, 0.25) is 23.7 Å². The lowest BCUT2D eigenvalue weighted by molar-refractivity contribution is 0.398. The van der Waals surface area contributed by atoms with E-state index >= 15 is 0 Å². The summed E-state index contributed by atoms with van der Waals surface area (Å²) >= 11 is 22.3. The monoisotopic (exact) mass is 1320 g/mol. The average molecular weight is 1320 g/mol. The Labute approximate surface area is 536 Å². The normalized spacial score (nSPS) is 10.5. The van der Waals surface area contributed by atoms with Gasteiger partial charge in [0.05, 0.1) is 64.0 Å². The van der Waals surface area contributed by atoms with Gasteiger partial charge >= 0.3 is 0 Å². The summed E-state index contributed by atoms with van der Waals surface area (Å²) in [4.78, 5) is 17.5. The molecule has 12 rings (SSSR count). The third kappa shape index (κ3) is 16.1. The second-order valence-corrected chi connectivity index (χ2v) is 21.1. The maximum absolute atomic E-state index is 9.77. The zero-order valence-electron chi connectivity index (χ0n) is 48.5. The summed E-state index contributed by atoms with van der Waals surface area (Å²) in [7, 11) is 8.10. The Balaban J connectivity index is 0.000000160. The number of nitrogens with zero attached hydrogens (tertiary/aromatic N) is 10. The standard InChI is InChI=1S/C22H19ClN4O2.C20H16ClN5O2.C15H13ClN4O.C7H7BrO.ClH/c1-13-10-14(18-12-17(29-3)8-9-19(18)23)11-20-21(13)25-22(27-26-20)24-15-4-6-16(28-2)7-5-15;1-11-7-12(15-9-14(27)4-5-16(15)21)8-17-19(11)24-20(26-25-17)23-13-3-6-18(28-2)22-10-13;1-8-5-9(6-13-14(8)18-15(17)20-19-13)11-7-10(21-2)3-4-12(11)16;1-9-7-4-2-6(8)3-5-7;/h4-12H,1-3H3,(H,24,25,27);3-10,27H,1-2H3,(H,23,24,26);3-7H,1-2H3,(H2,17,18,20);2-5H,1H3;1H. The number of phenols is 1. The molecule has 8 aromatic carbocycles. The first kappa shape index (κ1) is 64.6. The minimum atomic E-state index is 0. The van der Waals surface area contributed by atoms with E-state index in [1.165, 1.54) is 0 Å². The van der Waals surface area contributed by atoms with Crippen LogP contribution < -0.4 is 40.1 Å². The third-order valence-electron chi connectivity index (χ3n) is 13.1. The SMILES string of the molecule is COc1ccc(Br)cc1.COc1ccc(Cl)c(-c2cc(C)c3nc(N)nnc3c2)c1.COc1ccc(Nc2nnc3cc(-c4cc(O)ccc4Cl)cc(C)c3n2)cn1.COc1ccc(Nc2nnc3cc(-c4cc(OC)ccc4Cl)cc(C)c3n2)cc1.Cl. The first-order chi connectivity index (χ1) is 42.0. The molecule has 24 heteroatoms. The Bertz CT molecular complexity index is 4410. The molecule has 0 aliphatic rings.